The van der Waals surface area contributed by atoms with Gasteiger partial charge in [0.15, 0.2) is 0 Å². The Morgan fingerprint density at radius 1 is 0.700 bits per heavy atom. The predicted molar refractivity (Wildman–Crippen MR) is 92.2 cm³/mol. The van der Waals surface area contributed by atoms with Crippen LogP contribution in [0.15, 0.2) is 22.8 Å². The molecule has 0 bridgehead atoms. The van der Waals surface area contributed by atoms with E-state index >= 15 is 0 Å². The number of unbranched alkanes of at least 4 members (excludes halogenated alkanes) is 6. The molecule has 0 fully saturated rings. The first-order chi connectivity index (χ1) is 9.81. The van der Waals surface area contributed by atoms with Gasteiger partial charge in [-0.05, 0) is 50.5 Å². The zero-order valence-electron chi connectivity index (χ0n) is 14.3. The molecule has 1 rings (SSSR count). The van der Waals surface area contributed by atoms with Crippen molar-refractivity contribution in [1.82, 2.24) is 0 Å². The van der Waals surface area contributed by atoms with Gasteiger partial charge < -0.3 is 0 Å². The summed E-state index contributed by atoms with van der Waals surface area (Å²) in [6.07, 6.45) is 20.3. The molecule has 0 amide bonds. The number of rotatable bonds is 12. The van der Waals surface area contributed by atoms with Crippen LogP contribution in [0.5, 0.6) is 0 Å². The Morgan fingerprint density at radius 3 is 1.85 bits per heavy atom. The van der Waals surface area contributed by atoms with Crippen molar-refractivity contribution in [3.8, 4) is 0 Å². The van der Waals surface area contributed by atoms with Gasteiger partial charge in [0.05, 0.1) is 0 Å². The van der Waals surface area contributed by atoms with Crippen LogP contribution in [0.4, 0.5) is 0 Å². The highest BCUT2D eigenvalue weighted by molar-refractivity contribution is 5.39. The molecule has 0 aliphatic heterocycles. The second kappa shape index (κ2) is 11.2. The van der Waals surface area contributed by atoms with Gasteiger partial charge in [0.2, 0.25) is 0 Å². The Labute approximate surface area is 127 Å². The molecule has 0 aromatic rings. The highest BCUT2D eigenvalue weighted by Crippen LogP contribution is 2.34. The molecule has 1 aliphatic rings. The molecular formula is C20H36. The summed E-state index contributed by atoms with van der Waals surface area (Å²) in [4.78, 5) is 0. The van der Waals surface area contributed by atoms with Gasteiger partial charge in [-0.3, -0.25) is 0 Å². The molecule has 0 aromatic carbocycles. The highest BCUT2D eigenvalue weighted by Gasteiger charge is 2.15. The lowest BCUT2D eigenvalue weighted by atomic mass is 9.98. The maximum atomic E-state index is 2.58. The van der Waals surface area contributed by atoms with Crippen molar-refractivity contribution in [2.24, 2.45) is 0 Å². The lowest BCUT2D eigenvalue weighted by molar-refractivity contribution is 0.681. The molecule has 20 heavy (non-hydrogen) atoms. The molecule has 0 heterocycles. The number of hydrogen-bond acceptors (Lipinski definition) is 0. The first-order valence-electron chi connectivity index (χ1n) is 9.22. The highest BCUT2D eigenvalue weighted by atomic mass is 14.2. The lowest BCUT2D eigenvalue weighted by Gasteiger charge is -2.07. The van der Waals surface area contributed by atoms with Crippen LogP contribution in [0.1, 0.15) is 104 Å². The van der Waals surface area contributed by atoms with E-state index in [0.717, 1.165) is 0 Å². The molecule has 0 spiro atoms. The van der Waals surface area contributed by atoms with E-state index in [4.69, 9.17) is 0 Å². The fraction of sp³-hybridized carbons (Fsp3) is 0.800. The van der Waals surface area contributed by atoms with E-state index in [1.807, 2.05) is 0 Å². The van der Waals surface area contributed by atoms with Crippen molar-refractivity contribution >= 4 is 0 Å². The predicted octanol–water partition coefficient (Wildman–Crippen LogP) is 7.35. The zero-order valence-corrected chi connectivity index (χ0v) is 14.3. The van der Waals surface area contributed by atoms with Crippen LogP contribution in [0, 0.1) is 0 Å². The summed E-state index contributed by atoms with van der Waals surface area (Å²) in [5.74, 6) is 0. The molecule has 1 aliphatic carbocycles. The second-order valence-electron chi connectivity index (χ2n) is 6.48. The van der Waals surface area contributed by atoms with Gasteiger partial charge in [-0.1, -0.05) is 76.5 Å². The van der Waals surface area contributed by atoms with Crippen molar-refractivity contribution in [3.63, 3.8) is 0 Å². The number of allylic oxidation sites excluding steroid dienone is 4. The smallest absolute Gasteiger partial charge is 0.00994 e. The van der Waals surface area contributed by atoms with E-state index < -0.39 is 0 Å². The van der Waals surface area contributed by atoms with Gasteiger partial charge in [0, 0.05) is 0 Å². The summed E-state index contributed by atoms with van der Waals surface area (Å²) in [6, 6.07) is 0. The molecule has 116 valence electrons. The summed E-state index contributed by atoms with van der Waals surface area (Å²) in [6.45, 7) is 6.91. The molecule has 0 N–H and O–H groups in total. The van der Waals surface area contributed by atoms with Gasteiger partial charge in [0.1, 0.15) is 0 Å². The summed E-state index contributed by atoms with van der Waals surface area (Å²) in [5, 5.41) is 0. The van der Waals surface area contributed by atoms with Crippen molar-refractivity contribution in [1.29, 1.82) is 0 Å². The fourth-order valence-corrected chi connectivity index (χ4v) is 3.20. The van der Waals surface area contributed by atoms with Crippen molar-refractivity contribution in [2.45, 2.75) is 104 Å². The maximum absolute atomic E-state index is 2.58. The fourth-order valence-electron chi connectivity index (χ4n) is 3.20. The first kappa shape index (κ1) is 17.5. The molecule has 0 radical (unpaired) electrons. The Kier molecular flexibility index (Phi) is 9.79. The summed E-state index contributed by atoms with van der Waals surface area (Å²) < 4.78 is 0. The van der Waals surface area contributed by atoms with Crippen molar-refractivity contribution in [3.05, 3.63) is 22.8 Å². The Hall–Kier alpha value is -0.520. The van der Waals surface area contributed by atoms with Gasteiger partial charge in [-0.2, -0.15) is 0 Å². The number of hydrogen-bond donors (Lipinski definition) is 0. The second-order valence-corrected chi connectivity index (χ2v) is 6.48. The quantitative estimate of drug-likeness (QED) is 0.327. The van der Waals surface area contributed by atoms with Crippen LogP contribution in [-0.2, 0) is 0 Å². The third kappa shape index (κ3) is 6.77. The van der Waals surface area contributed by atoms with Crippen molar-refractivity contribution < 1.29 is 0 Å². The summed E-state index contributed by atoms with van der Waals surface area (Å²) in [7, 11) is 0. The van der Waals surface area contributed by atoms with Crippen LogP contribution in [-0.4, -0.2) is 0 Å². The maximum Gasteiger partial charge on any atom is -0.00994 e. The molecule has 0 nitrogen and oxygen atoms in total. The lowest BCUT2D eigenvalue weighted by Crippen LogP contribution is -1.88. The van der Waals surface area contributed by atoms with Gasteiger partial charge in [-0.25, -0.2) is 0 Å². The minimum absolute atomic E-state index is 1.31. The average molecular weight is 277 g/mol. The standard InChI is InChI=1S/C20H36/c1-4-7-10-13-18-16-19(14-11-8-5-2)20(17-18)15-12-9-6-3/h16H,4-15,17H2,1-3H3. The Bertz CT molecular complexity index is 306. The average Bonchev–Trinajstić information content (AvgIpc) is 2.82. The Morgan fingerprint density at radius 2 is 1.25 bits per heavy atom. The third-order valence-electron chi connectivity index (χ3n) is 4.51. The van der Waals surface area contributed by atoms with Crippen molar-refractivity contribution in [2.75, 3.05) is 0 Å². The van der Waals surface area contributed by atoms with E-state index in [-0.39, 0.29) is 0 Å². The van der Waals surface area contributed by atoms with Crippen LogP contribution < -0.4 is 0 Å². The summed E-state index contributed by atoms with van der Waals surface area (Å²) in [5.41, 5.74) is 5.25. The van der Waals surface area contributed by atoms with Crippen LogP contribution in [0.2, 0.25) is 0 Å². The largest absolute Gasteiger partial charge is 0.0659 e. The van der Waals surface area contributed by atoms with Gasteiger partial charge in [0.25, 0.3) is 0 Å². The third-order valence-corrected chi connectivity index (χ3v) is 4.51. The minimum atomic E-state index is 1.31. The molecule has 0 unspecified atom stereocenters. The SMILES string of the molecule is CCCCCC1=CC(CCCCC)=C(CCCCC)C1. The van der Waals surface area contributed by atoms with Gasteiger partial charge in [-0.15, -0.1) is 0 Å². The molecule has 0 heteroatoms. The molecule has 0 aromatic heterocycles. The monoisotopic (exact) mass is 276 g/mol. The van der Waals surface area contributed by atoms with Crippen LogP contribution in [0.25, 0.3) is 0 Å². The van der Waals surface area contributed by atoms with Crippen LogP contribution >= 0.6 is 0 Å². The van der Waals surface area contributed by atoms with E-state index in [2.05, 4.69) is 26.8 Å². The van der Waals surface area contributed by atoms with E-state index in [1.165, 1.54) is 83.5 Å². The minimum Gasteiger partial charge on any atom is -0.0659 e. The topological polar surface area (TPSA) is 0 Å². The normalized spacial score (nSPS) is 15.1. The van der Waals surface area contributed by atoms with Crippen LogP contribution in [0.3, 0.4) is 0 Å². The van der Waals surface area contributed by atoms with Gasteiger partial charge >= 0.3 is 0 Å². The van der Waals surface area contributed by atoms with E-state index in [1.54, 1.807) is 16.7 Å². The molecule has 0 saturated carbocycles. The first-order valence-corrected chi connectivity index (χ1v) is 9.22. The van der Waals surface area contributed by atoms with E-state index in [9.17, 15) is 0 Å². The summed E-state index contributed by atoms with van der Waals surface area (Å²) >= 11 is 0. The molecule has 0 saturated heterocycles. The Balaban J connectivity index is 2.45. The van der Waals surface area contributed by atoms with E-state index in [0.29, 0.717) is 0 Å². The molecule has 0 atom stereocenters. The molecular weight excluding hydrogens is 240 g/mol. The zero-order chi connectivity index (χ0) is 14.6.